The Morgan fingerprint density at radius 3 is 2.65 bits per heavy atom. The normalized spacial score (nSPS) is 10.8. The van der Waals surface area contributed by atoms with Gasteiger partial charge in [-0.1, -0.05) is 0 Å². The average molecular weight is 270 g/mol. The summed E-state index contributed by atoms with van der Waals surface area (Å²) in [5.74, 6) is -1.41. The van der Waals surface area contributed by atoms with Crippen molar-refractivity contribution in [1.82, 2.24) is 9.55 Å². The molecule has 3 rings (SSSR count). The van der Waals surface area contributed by atoms with Crippen LogP contribution < -0.4 is 0 Å². The van der Waals surface area contributed by atoms with E-state index >= 15 is 0 Å². The third kappa shape index (κ3) is 2.14. The molecule has 0 bridgehead atoms. The SMILES string of the molecule is O=C(O)c1cc2cc(F)ccc2n1Cc1ccncc1. The minimum absolute atomic E-state index is 0.141. The van der Waals surface area contributed by atoms with Gasteiger partial charge in [-0.25, -0.2) is 9.18 Å². The van der Waals surface area contributed by atoms with E-state index in [4.69, 9.17) is 0 Å². The minimum atomic E-state index is -1.03. The van der Waals surface area contributed by atoms with Gasteiger partial charge in [-0.3, -0.25) is 4.98 Å². The maximum absolute atomic E-state index is 13.2. The van der Waals surface area contributed by atoms with Gasteiger partial charge in [-0.05, 0) is 42.0 Å². The van der Waals surface area contributed by atoms with Crippen LogP contribution in [0.4, 0.5) is 4.39 Å². The van der Waals surface area contributed by atoms with E-state index < -0.39 is 5.97 Å². The molecule has 1 N–H and O–H groups in total. The zero-order chi connectivity index (χ0) is 14.1. The van der Waals surface area contributed by atoms with Crippen molar-refractivity contribution >= 4 is 16.9 Å². The second-order valence-corrected chi connectivity index (χ2v) is 4.48. The summed E-state index contributed by atoms with van der Waals surface area (Å²) >= 11 is 0. The number of aromatic nitrogens is 2. The Bertz CT molecular complexity index is 781. The number of rotatable bonds is 3. The highest BCUT2D eigenvalue weighted by Gasteiger charge is 2.15. The van der Waals surface area contributed by atoms with E-state index in [1.807, 2.05) is 12.1 Å². The second-order valence-electron chi connectivity index (χ2n) is 4.48. The van der Waals surface area contributed by atoms with Crippen molar-refractivity contribution in [2.45, 2.75) is 6.54 Å². The van der Waals surface area contributed by atoms with E-state index in [1.54, 1.807) is 23.0 Å². The van der Waals surface area contributed by atoms with Crippen LogP contribution in [0.2, 0.25) is 0 Å². The van der Waals surface area contributed by atoms with E-state index in [9.17, 15) is 14.3 Å². The third-order valence-corrected chi connectivity index (χ3v) is 3.17. The molecule has 0 unspecified atom stereocenters. The van der Waals surface area contributed by atoms with Crippen LogP contribution in [-0.4, -0.2) is 20.6 Å². The lowest BCUT2D eigenvalue weighted by atomic mass is 10.2. The van der Waals surface area contributed by atoms with E-state index in [0.717, 1.165) is 5.56 Å². The molecule has 0 radical (unpaired) electrons. The quantitative estimate of drug-likeness (QED) is 0.796. The Labute approximate surface area is 114 Å². The molecule has 0 saturated heterocycles. The van der Waals surface area contributed by atoms with Gasteiger partial charge in [0.2, 0.25) is 0 Å². The van der Waals surface area contributed by atoms with E-state index in [2.05, 4.69) is 4.98 Å². The van der Waals surface area contributed by atoms with Gasteiger partial charge >= 0.3 is 5.97 Å². The van der Waals surface area contributed by atoms with Gasteiger partial charge in [0.1, 0.15) is 11.5 Å². The van der Waals surface area contributed by atoms with E-state index in [0.29, 0.717) is 17.4 Å². The van der Waals surface area contributed by atoms with Crippen molar-refractivity contribution in [3.05, 3.63) is 65.9 Å². The average Bonchev–Trinajstić information content (AvgIpc) is 2.78. The van der Waals surface area contributed by atoms with Gasteiger partial charge in [0.25, 0.3) is 0 Å². The number of hydrogen-bond donors (Lipinski definition) is 1. The second kappa shape index (κ2) is 4.77. The molecule has 3 aromatic rings. The highest BCUT2D eigenvalue weighted by molar-refractivity contribution is 5.94. The van der Waals surface area contributed by atoms with Gasteiger partial charge in [0.05, 0.1) is 0 Å². The maximum Gasteiger partial charge on any atom is 0.352 e. The van der Waals surface area contributed by atoms with Gasteiger partial charge in [0.15, 0.2) is 0 Å². The summed E-state index contributed by atoms with van der Waals surface area (Å²) in [5, 5.41) is 9.87. The molecule has 0 spiro atoms. The largest absolute Gasteiger partial charge is 0.477 e. The Balaban J connectivity index is 2.16. The van der Waals surface area contributed by atoms with Crippen LogP contribution >= 0.6 is 0 Å². The number of hydrogen-bond acceptors (Lipinski definition) is 2. The van der Waals surface area contributed by atoms with Gasteiger partial charge in [-0.15, -0.1) is 0 Å². The number of carbonyl (C=O) groups is 1. The van der Waals surface area contributed by atoms with Gasteiger partial charge in [0, 0.05) is 29.8 Å². The molecule has 2 heterocycles. The molecule has 1 aromatic carbocycles. The Morgan fingerprint density at radius 2 is 1.95 bits per heavy atom. The van der Waals surface area contributed by atoms with Crippen LogP contribution in [0.5, 0.6) is 0 Å². The molecular weight excluding hydrogens is 259 g/mol. The molecule has 5 heteroatoms. The molecule has 0 aliphatic rings. The Morgan fingerprint density at radius 1 is 1.20 bits per heavy atom. The number of benzene rings is 1. The number of pyridine rings is 1. The summed E-state index contributed by atoms with van der Waals surface area (Å²) in [4.78, 5) is 15.3. The van der Waals surface area contributed by atoms with Crippen molar-refractivity contribution in [2.24, 2.45) is 0 Å². The zero-order valence-electron chi connectivity index (χ0n) is 10.5. The molecule has 100 valence electrons. The standard InChI is InChI=1S/C15H11FN2O2/c16-12-1-2-13-11(7-12)8-14(15(19)20)18(13)9-10-3-5-17-6-4-10/h1-8H,9H2,(H,19,20). The highest BCUT2D eigenvalue weighted by atomic mass is 19.1. The summed E-state index contributed by atoms with van der Waals surface area (Å²) in [6.45, 7) is 0.402. The van der Waals surface area contributed by atoms with Crippen molar-refractivity contribution < 1.29 is 14.3 Å². The molecule has 0 aliphatic carbocycles. The van der Waals surface area contributed by atoms with Crippen molar-refractivity contribution in [3.63, 3.8) is 0 Å². The molecule has 20 heavy (non-hydrogen) atoms. The molecule has 0 atom stereocenters. The molecule has 0 amide bonds. The van der Waals surface area contributed by atoms with Crippen molar-refractivity contribution in [1.29, 1.82) is 0 Å². The van der Waals surface area contributed by atoms with Gasteiger partial charge < -0.3 is 9.67 Å². The molecule has 0 fully saturated rings. The van der Waals surface area contributed by atoms with Crippen LogP contribution in [0.3, 0.4) is 0 Å². The first-order valence-electron chi connectivity index (χ1n) is 6.06. The number of aromatic carboxylic acids is 1. The van der Waals surface area contributed by atoms with Crippen molar-refractivity contribution in [3.8, 4) is 0 Å². The number of fused-ring (bicyclic) bond motifs is 1. The number of nitrogens with zero attached hydrogens (tertiary/aromatic N) is 2. The molecule has 4 nitrogen and oxygen atoms in total. The summed E-state index contributed by atoms with van der Waals surface area (Å²) in [6.07, 6.45) is 3.31. The lowest BCUT2D eigenvalue weighted by molar-refractivity contribution is 0.0686. The fourth-order valence-corrected chi connectivity index (χ4v) is 2.26. The monoisotopic (exact) mass is 270 g/mol. The number of carboxylic acids is 1. The minimum Gasteiger partial charge on any atom is -0.477 e. The lowest BCUT2D eigenvalue weighted by Crippen LogP contribution is -2.09. The predicted molar refractivity (Wildman–Crippen MR) is 72.2 cm³/mol. The first-order chi connectivity index (χ1) is 9.65. The molecule has 2 aromatic heterocycles. The summed E-state index contributed by atoms with van der Waals surface area (Å²) < 4.78 is 14.9. The van der Waals surface area contributed by atoms with Gasteiger partial charge in [-0.2, -0.15) is 0 Å². The van der Waals surface area contributed by atoms with E-state index in [-0.39, 0.29) is 11.5 Å². The predicted octanol–water partition coefficient (Wildman–Crippen LogP) is 2.92. The van der Waals surface area contributed by atoms with Crippen LogP contribution in [0.25, 0.3) is 10.9 Å². The Kier molecular flexibility index (Phi) is 2.95. The first-order valence-corrected chi connectivity index (χ1v) is 6.06. The highest BCUT2D eigenvalue weighted by Crippen LogP contribution is 2.22. The molecule has 0 saturated carbocycles. The van der Waals surface area contributed by atoms with E-state index in [1.165, 1.54) is 18.2 Å². The van der Waals surface area contributed by atoms with Crippen LogP contribution in [0, 0.1) is 5.82 Å². The Hall–Kier alpha value is -2.69. The number of carboxylic acid groups (broad SMARTS) is 1. The van der Waals surface area contributed by atoms with Crippen LogP contribution in [0.15, 0.2) is 48.8 Å². The lowest BCUT2D eigenvalue weighted by Gasteiger charge is -2.08. The number of halogens is 1. The first kappa shape index (κ1) is 12.3. The third-order valence-electron chi connectivity index (χ3n) is 3.17. The molecule has 0 aliphatic heterocycles. The summed E-state index contributed by atoms with van der Waals surface area (Å²) in [7, 11) is 0. The topological polar surface area (TPSA) is 55.1 Å². The summed E-state index contributed by atoms with van der Waals surface area (Å²) in [6, 6.07) is 9.39. The zero-order valence-corrected chi connectivity index (χ0v) is 10.5. The van der Waals surface area contributed by atoms with Crippen LogP contribution in [-0.2, 0) is 6.54 Å². The maximum atomic E-state index is 13.2. The smallest absolute Gasteiger partial charge is 0.352 e. The fraction of sp³-hybridized carbons (Fsp3) is 0.0667. The molecular formula is C15H11FN2O2. The van der Waals surface area contributed by atoms with Crippen LogP contribution in [0.1, 0.15) is 16.1 Å². The fourth-order valence-electron chi connectivity index (χ4n) is 2.26. The summed E-state index contributed by atoms with van der Waals surface area (Å²) in [5.41, 5.74) is 1.77. The van der Waals surface area contributed by atoms with Crippen molar-refractivity contribution in [2.75, 3.05) is 0 Å².